The van der Waals surface area contributed by atoms with E-state index in [1.54, 1.807) is 6.20 Å². The van der Waals surface area contributed by atoms with Crippen LogP contribution in [0.4, 0.5) is 5.82 Å². The molecule has 2 atom stereocenters. The van der Waals surface area contributed by atoms with Gasteiger partial charge in [0.15, 0.2) is 6.29 Å². The Morgan fingerprint density at radius 2 is 2.00 bits per heavy atom. The highest BCUT2D eigenvalue weighted by molar-refractivity contribution is 5.75. The van der Waals surface area contributed by atoms with E-state index in [-0.39, 0.29) is 0 Å². The summed E-state index contributed by atoms with van der Waals surface area (Å²) in [5.74, 6) is 2.46. The molecule has 2 rings (SSSR count). The molecule has 0 saturated carbocycles. The van der Waals surface area contributed by atoms with Gasteiger partial charge in [-0.05, 0) is 30.4 Å². The standard InChI is InChI=1S/C13H18N2O/c1-9-4-12(8-16)5-14-13(9)15-6-10(2)11(3)7-15/h4-5,8,10-11H,6-7H2,1-3H3. The normalized spacial score (nSPS) is 24.8. The maximum Gasteiger partial charge on any atom is 0.151 e. The number of hydrogen-bond donors (Lipinski definition) is 0. The first-order valence-electron chi connectivity index (χ1n) is 5.78. The van der Waals surface area contributed by atoms with Gasteiger partial charge in [-0.15, -0.1) is 0 Å². The van der Waals surface area contributed by atoms with Crippen molar-refractivity contribution in [2.24, 2.45) is 11.8 Å². The summed E-state index contributed by atoms with van der Waals surface area (Å²) in [6, 6.07) is 1.91. The molecule has 1 aromatic heterocycles. The minimum absolute atomic E-state index is 0.654. The molecule has 1 aromatic rings. The van der Waals surface area contributed by atoms with Gasteiger partial charge in [0.1, 0.15) is 5.82 Å². The molecule has 0 spiro atoms. The van der Waals surface area contributed by atoms with Gasteiger partial charge in [-0.25, -0.2) is 4.98 Å². The number of aldehydes is 1. The van der Waals surface area contributed by atoms with E-state index in [0.29, 0.717) is 17.4 Å². The highest BCUT2D eigenvalue weighted by Crippen LogP contribution is 2.28. The average molecular weight is 218 g/mol. The molecule has 0 radical (unpaired) electrons. The lowest BCUT2D eigenvalue weighted by molar-refractivity contribution is 0.112. The SMILES string of the molecule is Cc1cc(C=O)cnc1N1CC(C)C(C)C1. The molecule has 0 bridgehead atoms. The number of aromatic nitrogens is 1. The Bertz CT molecular complexity index is 393. The zero-order valence-electron chi connectivity index (χ0n) is 10.1. The fourth-order valence-electron chi connectivity index (χ4n) is 2.29. The molecule has 16 heavy (non-hydrogen) atoms. The summed E-state index contributed by atoms with van der Waals surface area (Å²) in [6.45, 7) is 8.70. The van der Waals surface area contributed by atoms with E-state index < -0.39 is 0 Å². The van der Waals surface area contributed by atoms with Gasteiger partial charge in [-0.1, -0.05) is 13.8 Å². The number of carbonyl (C=O) groups is 1. The maximum absolute atomic E-state index is 10.6. The van der Waals surface area contributed by atoms with Crippen LogP contribution in [0.1, 0.15) is 29.8 Å². The van der Waals surface area contributed by atoms with Crippen molar-refractivity contribution in [1.29, 1.82) is 0 Å². The Labute approximate surface area is 96.5 Å². The second-order valence-electron chi connectivity index (χ2n) is 4.89. The lowest BCUT2D eigenvalue weighted by Gasteiger charge is -2.19. The predicted octanol–water partition coefficient (Wildman–Crippen LogP) is 2.29. The van der Waals surface area contributed by atoms with E-state index in [0.717, 1.165) is 30.8 Å². The van der Waals surface area contributed by atoms with E-state index in [1.165, 1.54) is 0 Å². The van der Waals surface area contributed by atoms with Crippen molar-refractivity contribution >= 4 is 12.1 Å². The summed E-state index contributed by atoms with van der Waals surface area (Å²) in [5, 5.41) is 0. The Balaban J connectivity index is 2.25. The molecule has 1 fully saturated rings. The lowest BCUT2D eigenvalue weighted by Crippen LogP contribution is -2.21. The van der Waals surface area contributed by atoms with Gasteiger partial charge in [0.25, 0.3) is 0 Å². The first-order chi connectivity index (χ1) is 7.61. The van der Waals surface area contributed by atoms with Crippen molar-refractivity contribution in [2.75, 3.05) is 18.0 Å². The van der Waals surface area contributed by atoms with Crippen LogP contribution in [0.25, 0.3) is 0 Å². The van der Waals surface area contributed by atoms with Crippen LogP contribution in [0.15, 0.2) is 12.3 Å². The van der Waals surface area contributed by atoms with Gasteiger partial charge in [0.05, 0.1) is 0 Å². The van der Waals surface area contributed by atoms with Crippen LogP contribution in [0, 0.1) is 18.8 Å². The summed E-state index contributed by atoms with van der Waals surface area (Å²) in [5.41, 5.74) is 1.74. The van der Waals surface area contributed by atoms with Crippen LogP contribution in [-0.2, 0) is 0 Å². The van der Waals surface area contributed by atoms with Gasteiger partial charge in [0, 0.05) is 24.8 Å². The molecule has 0 amide bonds. The molecular formula is C13H18N2O. The predicted molar refractivity (Wildman–Crippen MR) is 64.9 cm³/mol. The van der Waals surface area contributed by atoms with Gasteiger partial charge in [-0.2, -0.15) is 0 Å². The van der Waals surface area contributed by atoms with Crippen molar-refractivity contribution in [2.45, 2.75) is 20.8 Å². The molecule has 3 heteroatoms. The van der Waals surface area contributed by atoms with Crippen molar-refractivity contribution in [3.8, 4) is 0 Å². The third-order valence-corrected chi connectivity index (χ3v) is 3.50. The van der Waals surface area contributed by atoms with Gasteiger partial charge in [-0.3, -0.25) is 4.79 Å². The highest BCUT2D eigenvalue weighted by Gasteiger charge is 2.27. The Morgan fingerprint density at radius 1 is 1.38 bits per heavy atom. The largest absolute Gasteiger partial charge is 0.356 e. The summed E-state index contributed by atoms with van der Waals surface area (Å²) < 4.78 is 0. The lowest BCUT2D eigenvalue weighted by atomic mass is 10.0. The van der Waals surface area contributed by atoms with Crippen molar-refractivity contribution in [1.82, 2.24) is 4.98 Å². The van der Waals surface area contributed by atoms with E-state index in [9.17, 15) is 4.79 Å². The van der Waals surface area contributed by atoms with Crippen LogP contribution in [0.5, 0.6) is 0 Å². The topological polar surface area (TPSA) is 33.2 Å². The number of rotatable bonds is 2. The minimum Gasteiger partial charge on any atom is -0.356 e. The Morgan fingerprint density at radius 3 is 2.50 bits per heavy atom. The number of aryl methyl sites for hydroxylation is 1. The fraction of sp³-hybridized carbons (Fsp3) is 0.538. The van der Waals surface area contributed by atoms with Crippen molar-refractivity contribution in [3.63, 3.8) is 0 Å². The second-order valence-corrected chi connectivity index (χ2v) is 4.89. The van der Waals surface area contributed by atoms with Crippen LogP contribution < -0.4 is 4.90 Å². The van der Waals surface area contributed by atoms with Crippen LogP contribution in [-0.4, -0.2) is 24.4 Å². The zero-order valence-corrected chi connectivity index (χ0v) is 10.1. The third kappa shape index (κ3) is 1.94. The first-order valence-corrected chi connectivity index (χ1v) is 5.78. The highest BCUT2D eigenvalue weighted by atomic mass is 16.1. The molecule has 3 nitrogen and oxygen atoms in total. The van der Waals surface area contributed by atoms with Crippen molar-refractivity contribution < 1.29 is 4.79 Å². The average Bonchev–Trinajstić information content (AvgIpc) is 2.58. The van der Waals surface area contributed by atoms with Gasteiger partial charge in [0.2, 0.25) is 0 Å². The fourth-order valence-corrected chi connectivity index (χ4v) is 2.29. The van der Waals surface area contributed by atoms with E-state index in [1.807, 2.05) is 13.0 Å². The quantitative estimate of drug-likeness (QED) is 0.714. The number of anilines is 1. The number of hydrogen-bond acceptors (Lipinski definition) is 3. The third-order valence-electron chi connectivity index (χ3n) is 3.50. The second kappa shape index (κ2) is 4.24. The molecule has 1 aliphatic heterocycles. The van der Waals surface area contributed by atoms with Crippen LogP contribution >= 0.6 is 0 Å². The molecule has 1 aliphatic rings. The van der Waals surface area contributed by atoms with E-state index >= 15 is 0 Å². The Hall–Kier alpha value is -1.38. The smallest absolute Gasteiger partial charge is 0.151 e. The number of pyridine rings is 1. The Kier molecular flexibility index (Phi) is 2.95. The molecule has 86 valence electrons. The van der Waals surface area contributed by atoms with Gasteiger partial charge < -0.3 is 4.90 Å². The molecule has 2 unspecified atom stereocenters. The first kappa shape index (κ1) is 11.1. The van der Waals surface area contributed by atoms with Crippen LogP contribution in [0.3, 0.4) is 0 Å². The van der Waals surface area contributed by atoms with E-state index in [2.05, 4.69) is 23.7 Å². The molecule has 2 heterocycles. The van der Waals surface area contributed by atoms with Gasteiger partial charge >= 0.3 is 0 Å². The monoisotopic (exact) mass is 218 g/mol. The number of nitrogens with zero attached hydrogens (tertiary/aromatic N) is 2. The van der Waals surface area contributed by atoms with Crippen LogP contribution in [0.2, 0.25) is 0 Å². The summed E-state index contributed by atoms with van der Waals surface area (Å²) in [7, 11) is 0. The summed E-state index contributed by atoms with van der Waals surface area (Å²) in [6.07, 6.45) is 2.50. The summed E-state index contributed by atoms with van der Waals surface area (Å²) >= 11 is 0. The molecular weight excluding hydrogens is 200 g/mol. The molecule has 0 aromatic carbocycles. The van der Waals surface area contributed by atoms with E-state index in [4.69, 9.17) is 0 Å². The maximum atomic E-state index is 10.6. The summed E-state index contributed by atoms with van der Waals surface area (Å²) in [4.78, 5) is 17.4. The minimum atomic E-state index is 0.654. The molecule has 0 aliphatic carbocycles. The molecule has 1 saturated heterocycles. The number of carbonyl (C=O) groups excluding carboxylic acids is 1. The van der Waals surface area contributed by atoms with Crippen molar-refractivity contribution in [3.05, 3.63) is 23.4 Å². The zero-order chi connectivity index (χ0) is 11.7. The molecule has 0 N–H and O–H groups in total.